The van der Waals surface area contributed by atoms with Crippen molar-refractivity contribution in [2.24, 2.45) is 5.92 Å². The molecular formula is C24H32N4O4S. The Hall–Kier alpha value is -2.91. The number of nitrogens with one attached hydrogen (secondary N) is 3. The number of piperidine rings is 1. The molecule has 2 aromatic carbocycles. The Kier molecular flexibility index (Phi) is 8.10. The molecule has 1 aliphatic heterocycles. The van der Waals surface area contributed by atoms with E-state index >= 15 is 0 Å². The molecule has 0 radical (unpaired) electrons. The predicted molar refractivity (Wildman–Crippen MR) is 128 cm³/mol. The molecule has 0 unspecified atom stereocenters. The van der Waals surface area contributed by atoms with E-state index in [0.29, 0.717) is 38.2 Å². The monoisotopic (exact) mass is 472 g/mol. The number of anilines is 1. The number of aryl methyl sites for hydroxylation is 1. The van der Waals surface area contributed by atoms with Gasteiger partial charge in [-0.3, -0.25) is 4.79 Å². The lowest BCUT2D eigenvalue weighted by Crippen LogP contribution is -2.42. The SMILES string of the molecule is Cc1ccc(S(=O)(=O)N2CCC(C(=O)NCc3ccc(NC(=O)NC(C)C)cc3)CC2)cc1. The first-order valence-electron chi connectivity index (χ1n) is 11.2. The molecule has 0 spiro atoms. The van der Waals surface area contributed by atoms with Crippen molar-refractivity contribution in [1.29, 1.82) is 0 Å². The van der Waals surface area contributed by atoms with Gasteiger partial charge in [0.25, 0.3) is 0 Å². The van der Waals surface area contributed by atoms with Gasteiger partial charge in [-0.1, -0.05) is 29.8 Å². The minimum atomic E-state index is -3.54. The number of carbonyl (C=O) groups excluding carboxylic acids is 2. The fraction of sp³-hybridized carbons (Fsp3) is 0.417. The fourth-order valence-corrected chi connectivity index (χ4v) is 5.16. The molecule has 9 heteroatoms. The van der Waals surface area contributed by atoms with Gasteiger partial charge in [0, 0.05) is 37.3 Å². The number of benzene rings is 2. The molecule has 0 saturated carbocycles. The smallest absolute Gasteiger partial charge is 0.319 e. The summed E-state index contributed by atoms with van der Waals surface area (Å²) in [5.74, 6) is -0.281. The Labute approximate surface area is 195 Å². The van der Waals surface area contributed by atoms with Crippen LogP contribution in [0.15, 0.2) is 53.4 Å². The van der Waals surface area contributed by atoms with Crippen molar-refractivity contribution in [3.8, 4) is 0 Å². The molecule has 8 nitrogen and oxygen atoms in total. The van der Waals surface area contributed by atoms with E-state index in [1.807, 2.05) is 32.9 Å². The number of amides is 3. The van der Waals surface area contributed by atoms with Gasteiger partial charge < -0.3 is 16.0 Å². The molecule has 2 aromatic rings. The molecule has 3 N–H and O–H groups in total. The Morgan fingerprint density at radius 3 is 2.18 bits per heavy atom. The van der Waals surface area contributed by atoms with Crippen LogP contribution >= 0.6 is 0 Å². The number of hydrogen-bond acceptors (Lipinski definition) is 4. The summed E-state index contributed by atoms with van der Waals surface area (Å²) in [6.45, 7) is 6.72. The van der Waals surface area contributed by atoms with E-state index < -0.39 is 10.0 Å². The second kappa shape index (κ2) is 10.8. The maximum absolute atomic E-state index is 12.8. The van der Waals surface area contributed by atoms with E-state index in [4.69, 9.17) is 0 Å². The van der Waals surface area contributed by atoms with Crippen molar-refractivity contribution in [1.82, 2.24) is 14.9 Å². The third-order valence-electron chi connectivity index (χ3n) is 5.58. The number of hydrogen-bond donors (Lipinski definition) is 3. The Morgan fingerprint density at radius 2 is 1.61 bits per heavy atom. The van der Waals surface area contributed by atoms with Crippen LogP contribution in [0.25, 0.3) is 0 Å². The predicted octanol–water partition coefficient (Wildman–Crippen LogP) is 3.24. The maximum Gasteiger partial charge on any atom is 0.319 e. The molecule has 1 saturated heterocycles. The molecule has 0 atom stereocenters. The standard InChI is InChI=1S/C24H32N4O4S/c1-17(2)26-24(30)27-21-8-6-19(7-9-21)16-25-23(29)20-12-14-28(15-13-20)33(31,32)22-10-4-18(3)5-11-22/h4-11,17,20H,12-16H2,1-3H3,(H,25,29)(H2,26,27,30). The van der Waals surface area contributed by atoms with Crippen LogP contribution in [0, 0.1) is 12.8 Å². The van der Waals surface area contributed by atoms with E-state index in [1.165, 1.54) is 4.31 Å². The molecule has 33 heavy (non-hydrogen) atoms. The zero-order valence-electron chi connectivity index (χ0n) is 19.3. The van der Waals surface area contributed by atoms with E-state index in [1.54, 1.807) is 36.4 Å². The summed E-state index contributed by atoms with van der Waals surface area (Å²) in [4.78, 5) is 24.7. The van der Waals surface area contributed by atoms with Crippen LogP contribution in [-0.4, -0.2) is 43.8 Å². The highest BCUT2D eigenvalue weighted by atomic mass is 32.2. The lowest BCUT2D eigenvalue weighted by molar-refractivity contribution is -0.126. The molecule has 0 aliphatic carbocycles. The quantitative estimate of drug-likeness (QED) is 0.575. The van der Waals surface area contributed by atoms with E-state index in [2.05, 4.69) is 16.0 Å². The Morgan fingerprint density at radius 1 is 1.00 bits per heavy atom. The van der Waals surface area contributed by atoms with Gasteiger partial charge in [0.1, 0.15) is 0 Å². The van der Waals surface area contributed by atoms with Crippen molar-refractivity contribution in [3.05, 3.63) is 59.7 Å². The van der Waals surface area contributed by atoms with Crippen LogP contribution in [0.2, 0.25) is 0 Å². The van der Waals surface area contributed by atoms with Crippen molar-refractivity contribution in [2.45, 2.75) is 51.1 Å². The third kappa shape index (κ3) is 6.79. The molecule has 3 amide bonds. The fourth-order valence-electron chi connectivity index (χ4n) is 3.69. The van der Waals surface area contributed by atoms with Gasteiger partial charge in [0.05, 0.1) is 4.90 Å². The zero-order chi connectivity index (χ0) is 24.0. The summed E-state index contributed by atoms with van der Waals surface area (Å²) >= 11 is 0. The second-order valence-corrected chi connectivity index (χ2v) is 10.6. The number of carbonyl (C=O) groups is 2. The molecule has 0 bridgehead atoms. The molecule has 178 valence electrons. The normalized spacial score (nSPS) is 15.3. The number of rotatable bonds is 7. The average molecular weight is 473 g/mol. The summed E-state index contributed by atoms with van der Waals surface area (Å²) in [6, 6.07) is 13.9. The van der Waals surface area contributed by atoms with Crippen LogP contribution < -0.4 is 16.0 Å². The first kappa shape index (κ1) is 24.7. The highest BCUT2D eigenvalue weighted by Gasteiger charge is 2.31. The van der Waals surface area contributed by atoms with Crippen molar-refractivity contribution < 1.29 is 18.0 Å². The van der Waals surface area contributed by atoms with Crippen LogP contribution in [0.5, 0.6) is 0 Å². The van der Waals surface area contributed by atoms with E-state index in [-0.39, 0.29) is 28.8 Å². The Bertz CT molecular complexity index is 1060. The van der Waals surface area contributed by atoms with E-state index in [0.717, 1.165) is 11.1 Å². The molecule has 1 fully saturated rings. The van der Waals surface area contributed by atoms with Crippen LogP contribution in [0.3, 0.4) is 0 Å². The van der Waals surface area contributed by atoms with Gasteiger partial charge in [-0.05, 0) is 63.4 Å². The van der Waals surface area contributed by atoms with Gasteiger partial charge in [-0.25, -0.2) is 13.2 Å². The molecule has 1 heterocycles. The van der Waals surface area contributed by atoms with Gasteiger partial charge in [0.2, 0.25) is 15.9 Å². The minimum Gasteiger partial charge on any atom is -0.352 e. The van der Waals surface area contributed by atoms with Crippen LogP contribution in [0.1, 0.15) is 37.8 Å². The molecule has 1 aliphatic rings. The number of nitrogens with zero attached hydrogens (tertiary/aromatic N) is 1. The second-order valence-electron chi connectivity index (χ2n) is 8.66. The summed E-state index contributed by atoms with van der Waals surface area (Å²) in [5, 5.41) is 8.45. The highest BCUT2D eigenvalue weighted by molar-refractivity contribution is 7.89. The first-order chi connectivity index (χ1) is 15.6. The average Bonchev–Trinajstić information content (AvgIpc) is 2.78. The van der Waals surface area contributed by atoms with Gasteiger partial charge in [-0.15, -0.1) is 0 Å². The van der Waals surface area contributed by atoms with Crippen molar-refractivity contribution >= 4 is 27.6 Å². The molecule has 0 aromatic heterocycles. The van der Waals surface area contributed by atoms with Crippen molar-refractivity contribution in [2.75, 3.05) is 18.4 Å². The zero-order valence-corrected chi connectivity index (χ0v) is 20.1. The molecule has 3 rings (SSSR count). The van der Waals surface area contributed by atoms with Gasteiger partial charge in [-0.2, -0.15) is 4.31 Å². The lowest BCUT2D eigenvalue weighted by Gasteiger charge is -2.30. The van der Waals surface area contributed by atoms with Gasteiger partial charge >= 0.3 is 6.03 Å². The largest absolute Gasteiger partial charge is 0.352 e. The summed E-state index contributed by atoms with van der Waals surface area (Å²) in [6.07, 6.45) is 0.982. The summed E-state index contributed by atoms with van der Waals surface area (Å²) in [7, 11) is -3.54. The maximum atomic E-state index is 12.8. The van der Waals surface area contributed by atoms with E-state index in [9.17, 15) is 18.0 Å². The highest BCUT2D eigenvalue weighted by Crippen LogP contribution is 2.24. The summed E-state index contributed by atoms with van der Waals surface area (Å²) < 4.78 is 27.1. The van der Waals surface area contributed by atoms with Crippen LogP contribution in [-0.2, 0) is 21.4 Å². The summed E-state index contributed by atoms with van der Waals surface area (Å²) in [5.41, 5.74) is 2.59. The van der Waals surface area contributed by atoms with Gasteiger partial charge in [0.15, 0.2) is 0 Å². The van der Waals surface area contributed by atoms with Crippen molar-refractivity contribution in [3.63, 3.8) is 0 Å². The number of urea groups is 1. The Balaban J connectivity index is 1.46. The lowest BCUT2D eigenvalue weighted by atomic mass is 9.97. The number of sulfonamides is 1. The molecular weight excluding hydrogens is 440 g/mol. The minimum absolute atomic E-state index is 0.0501. The first-order valence-corrected chi connectivity index (χ1v) is 12.6. The third-order valence-corrected chi connectivity index (χ3v) is 7.49. The topological polar surface area (TPSA) is 108 Å². The van der Waals surface area contributed by atoms with Crippen LogP contribution in [0.4, 0.5) is 10.5 Å².